The first-order valence-corrected chi connectivity index (χ1v) is 6.12. The molecule has 0 unspecified atom stereocenters. The average Bonchev–Trinajstić information content (AvgIpc) is 2.41. The molecule has 0 saturated carbocycles. The molecule has 6 nitrogen and oxygen atoms in total. The number of nitrogens with one attached hydrogen (secondary N) is 1. The molecule has 5 N–H and O–H groups in total. The van der Waals surface area contributed by atoms with Crippen molar-refractivity contribution in [3.63, 3.8) is 0 Å². The number of carbonyl (C=O) groups is 2. The zero-order chi connectivity index (χ0) is 15.6. The minimum atomic E-state index is -1.24. The number of hydrogen-bond donors (Lipinski definition) is 4. The Hall–Kier alpha value is -3.02. The van der Waals surface area contributed by atoms with E-state index < -0.39 is 17.6 Å². The minimum absolute atomic E-state index is 0.229. The summed E-state index contributed by atoms with van der Waals surface area (Å²) >= 11 is 0. The third-order valence-corrected chi connectivity index (χ3v) is 3.03. The SMILES string of the molecule is Cc1ccc(C(=O)Nc2ccc(C(=O)O)c(O)c2)cc1N. The van der Waals surface area contributed by atoms with E-state index in [9.17, 15) is 14.7 Å². The molecule has 0 saturated heterocycles. The molecule has 21 heavy (non-hydrogen) atoms. The van der Waals surface area contributed by atoms with Crippen LogP contribution in [0, 0.1) is 6.92 Å². The highest BCUT2D eigenvalue weighted by molar-refractivity contribution is 6.05. The number of benzene rings is 2. The molecule has 0 spiro atoms. The molecule has 0 aliphatic heterocycles. The van der Waals surface area contributed by atoms with Crippen molar-refractivity contribution in [2.75, 3.05) is 11.1 Å². The molecule has 2 rings (SSSR count). The minimum Gasteiger partial charge on any atom is -0.507 e. The summed E-state index contributed by atoms with van der Waals surface area (Å²) < 4.78 is 0. The van der Waals surface area contributed by atoms with Gasteiger partial charge in [-0.3, -0.25) is 4.79 Å². The summed E-state index contributed by atoms with van der Waals surface area (Å²) in [6.45, 7) is 1.83. The first-order valence-electron chi connectivity index (χ1n) is 6.12. The normalized spacial score (nSPS) is 10.1. The zero-order valence-corrected chi connectivity index (χ0v) is 11.3. The molecule has 0 bridgehead atoms. The fourth-order valence-corrected chi connectivity index (χ4v) is 1.78. The van der Waals surface area contributed by atoms with Gasteiger partial charge >= 0.3 is 5.97 Å². The number of nitrogens with two attached hydrogens (primary N) is 1. The topological polar surface area (TPSA) is 113 Å². The second-order valence-corrected chi connectivity index (χ2v) is 4.56. The average molecular weight is 286 g/mol. The molecule has 108 valence electrons. The van der Waals surface area contributed by atoms with Crippen LogP contribution in [0.15, 0.2) is 36.4 Å². The number of aromatic hydroxyl groups is 1. The highest BCUT2D eigenvalue weighted by Crippen LogP contribution is 2.22. The Morgan fingerprint density at radius 1 is 1.14 bits per heavy atom. The molecule has 6 heteroatoms. The quantitative estimate of drug-likeness (QED) is 0.646. The van der Waals surface area contributed by atoms with Crippen LogP contribution in [0.1, 0.15) is 26.3 Å². The Balaban J connectivity index is 2.21. The Bertz CT molecular complexity index is 726. The van der Waals surface area contributed by atoms with Crippen LogP contribution in [-0.4, -0.2) is 22.1 Å². The van der Waals surface area contributed by atoms with E-state index in [1.165, 1.54) is 18.2 Å². The maximum absolute atomic E-state index is 12.0. The van der Waals surface area contributed by atoms with Gasteiger partial charge in [-0.1, -0.05) is 6.07 Å². The van der Waals surface area contributed by atoms with E-state index in [0.717, 1.165) is 5.56 Å². The fraction of sp³-hybridized carbons (Fsp3) is 0.0667. The molecule has 2 aromatic rings. The van der Waals surface area contributed by atoms with Gasteiger partial charge in [-0.2, -0.15) is 0 Å². The molecule has 2 aromatic carbocycles. The fourth-order valence-electron chi connectivity index (χ4n) is 1.78. The summed E-state index contributed by atoms with van der Waals surface area (Å²) in [5.74, 6) is -2.05. The van der Waals surface area contributed by atoms with E-state index in [0.29, 0.717) is 16.9 Å². The highest BCUT2D eigenvalue weighted by atomic mass is 16.4. The summed E-state index contributed by atoms with van der Waals surface area (Å²) in [5, 5.41) is 20.9. The number of rotatable bonds is 3. The van der Waals surface area contributed by atoms with Crippen LogP contribution in [-0.2, 0) is 0 Å². The molecule has 0 aromatic heterocycles. The molecule has 0 fully saturated rings. The van der Waals surface area contributed by atoms with Gasteiger partial charge in [0.1, 0.15) is 11.3 Å². The first kappa shape index (κ1) is 14.4. The number of nitrogen functional groups attached to an aromatic ring is 1. The summed E-state index contributed by atoms with van der Waals surface area (Å²) in [4.78, 5) is 22.8. The van der Waals surface area contributed by atoms with Crippen LogP contribution in [0.2, 0.25) is 0 Å². The van der Waals surface area contributed by atoms with Crippen molar-refractivity contribution in [2.24, 2.45) is 0 Å². The predicted molar refractivity (Wildman–Crippen MR) is 78.6 cm³/mol. The van der Waals surface area contributed by atoms with Crippen LogP contribution < -0.4 is 11.1 Å². The lowest BCUT2D eigenvalue weighted by Gasteiger charge is -2.08. The Morgan fingerprint density at radius 3 is 2.43 bits per heavy atom. The van der Waals surface area contributed by atoms with Gasteiger partial charge in [0.25, 0.3) is 5.91 Å². The number of carbonyl (C=O) groups excluding carboxylic acids is 1. The van der Waals surface area contributed by atoms with Crippen LogP contribution in [0.4, 0.5) is 11.4 Å². The number of carboxylic acid groups (broad SMARTS) is 1. The van der Waals surface area contributed by atoms with E-state index in [-0.39, 0.29) is 5.56 Å². The number of carboxylic acids is 1. The van der Waals surface area contributed by atoms with Crippen molar-refractivity contribution in [3.05, 3.63) is 53.1 Å². The zero-order valence-electron chi connectivity index (χ0n) is 11.3. The largest absolute Gasteiger partial charge is 0.507 e. The number of hydrogen-bond acceptors (Lipinski definition) is 4. The number of aromatic carboxylic acids is 1. The van der Waals surface area contributed by atoms with Crippen molar-refractivity contribution in [2.45, 2.75) is 6.92 Å². The second-order valence-electron chi connectivity index (χ2n) is 4.56. The van der Waals surface area contributed by atoms with Gasteiger partial charge in [-0.05, 0) is 36.8 Å². The van der Waals surface area contributed by atoms with Crippen LogP contribution >= 0.6 is 0 Å². The summed E-state index contributed by atoms with van der Waals surface area (Å²) in [6, 6.07) is 8.71. The number of amides is 1. The lowest BCUT2D eigenvalue weighted by molar-refractivity contribution is 0.0693. The standard InChI is InChI=1S/C15H14N2O4/c1-8-2-3-9(6-12(8)16)14(19)17-10-4-5-11(15(20)21)13(18)7-10/h2-7,18H,16H2,1H3,(H,17,19)(H,20,21). The maximum atomic E-state index is 12.0. The monoisotopic (exact) mass is 286 g/mol. The first-order chi connectivity index (χ1) is 9.88. The van der Waals surface area contributed by atoms with Gasteiger partial charge in [0.05, 0.1) is 0 Å². The number of phenols is 1. The molecule has 0 atom stereocenters. The summed E-state index contributed by atoms with van der Waals surface area (Å²) in [7, 11) is 0. The lowest BCUT2D eigenvalue weighted by Crippen LogP contribution is -2.12. The summed E-state index contributed by atoms with van der Waals surface area (Å²) in [6.07, 6.45) is 0. The Morgan fingerprint density at radius 2 is 1.86 bits per heavy atom. The van der Waals surface area contributed by atoms with E-state index in [1.54, 1.807) is 18.2 Å². The lowest BCUT2D eigenvalue weighted by atomic mass is 10.1. The van der Waals surface area contributed by atoms with Crippen molar-refractivity contribution >= 4 is 23.3 Å². The van der Waals surface area contributed by atoms with Crippen LogP contribution in [0.5, 0.6) is 5.75 Å². The maximum Gasteiger partial charge on any atom is 0.339 e. The molecule has 0 aliphatic carbocycles. The Kier molecular flexibility index (Phi) is 3.80. The third kappa shape index (κ3) is 3.11. The summed E-state index contributed by atoms with van der Waals surface area (Å²) in [5.41, 5.74) is 7.56. The molecule has 0 heterocycles. The smallest absolute Gasteiger partial charge is 0.339 e. The third-order valence-electron chi connectivity index (χ3n) is 3.03. The molecule has 1 amide bonds. The predicted octanol–water partition coefficient (Wildman–Crippen LogP) is 2.23. The van der Waals surface area contributed by atoms with Crippen molar-refractivity contribution in [1.29, 1.82) is 0 Å². The molecule has 0 radical (unpaired) electrons. The van der Waals surface area contributed by atoms with E-state index in [1.807, 2.05) is 6.92 Å². The Labute approximate surface area is 120 Å². The molecular formula is C15H14N2O4. The van der Waals surface area contributed by atoms with Crippen molar-refractivity contribution in [1.82, 2.24) is 0 Å². The van der Waals surface area contributed by atoms with E-state index in [2.05, 4.69) is 5.32 Å². The number of aryl methyl sites for hydroxylation is 1. The van der Waals surface area contributed by atoms with E-state index in [4.69, 9.17) is 10.8 Å². The van der Waals surface area contributed by atoms with Gasteiger partial charge in [-0.15, -0.1) is 0 Å². The van der Waals surface area contributed by atoms with Crippen LogP contribution in [0.25, 0.3) is 0 Å². The van der Waals surface area contributed by atoms with Crippen molar-refractivity contribution < 1.29 is 19.8 Å². The van der Waals surface area contributed by atoms with Gasteiger partial charge in [0.15, 0.2) is 0 Å². The van der Waals surface area contributed by atoms with Crippen LogP contribution in [0.3, 0.4) is 0 Å². The van der Waals surface area contributed by atoms with E-state index >= 15 is 0 Å². The van der Waals surface area contributed by atoms with Gasteiger partial charge in [-0.25, -0.2) is 4.79 Å². The van der Waals surface area contributed by atoms with Gasteiger partial charge in [0, 0.05) is 23.0 Å². The van der Waals surface area contributed by atoms with Gasteiger partial charge < -0.3 is 21.3 Å². The van der Waals surface area contributed by atoms with Crippen molar-refractivity contribution in [3.8, 4) is 5.75 Å². The highest BCUT2D eigenvalue weighted by Gasteiger charge is 2.12. The number of anilines is 2. The van der Waals surface area contributed by atoms with Gasteiger partial charge in [0.2, 0.25) is 0 Å². The second kappa shape index (κ2) is 5.54. The molecule has 0 aliphatic rings. The molecular weight excluding hydrogens is 272 g/mol.